The summed E-state index contributed by atoms with van der Waals surface area (Å²) in [6.07, 6.45) is 3.56. The van der Waals surface area contributed by atoms with Gasteiger partial charge in [-0.3, -0.25) is 4.98 Å². The van der Waals surface area contributed by atoms with Gasteiger partial charge in [-0.2, -0.15) is 0 Å². The highest BCUT2D eigenvalue weighted by Gasteiger charge is 2.18. The van der Waals surface area contributed by atoms with Crippen molar-refractivity contribution in [2.75, 3.05) is 0 Å². The third-order valence-electron chi connectivity index (χ3n) is 1.43. The van der Waals surface area contributed by atoms with E-state index in [4.69, 9.17) is 0 Å². The first kappa shape index (κ1) is 7.42. The fourth-order valence-corrected chi connectivity index (χ4v) is 2.87. The Labute approximate surface area is 80.3 Å². The van der Waals surface area contributed by atoms with E-state index in [9.17, 15) is 4.21 Å². The van der Waals surface area contributed by atoms with Crippen molar-refractivity contribution >= 4 is 39.5 Å². The van der Waals surface area contributed by atoms with Crippen LogP contribution in [0.4, 0.5) is 0 Å². The molecule has 0 N–H and O–H groups in total. The molecule has 0 fully saturated rings. The summed E-state index contributed by atoms with van der Waals surface area (Å²) >= 11 is 2.07. The first-order valence-corrected chi connectivity index (χ1v) is 5.26. The Kier molecular flexibility index (Phi) is 1.80. The number of hydrogen-bond acceptors (Lipinski definition) is 2. The van der Waals surface area contributed by atoms with Crippen molar-refractivity contribution in [3.8, 4) is 0 Å². The Hall–Kier alpha value is -0.230. The summed E-state index contributed by atoms with van der Waals surface area (Å²) in [5.41, 5.74) is 0.843. The van der Waals surface area contributed by atoms with Crippen LogP contribution in [0.25, 0.3) is 6.08 Å². The zero-order chi connectivity index (χ0) is 7.84. The molecule has 1 aliphatic heterocycles. The predicted octanol–water partition coefficient (Wildman–Crippen LogP) is 1.94. The third-order valence-corrected chi connectivity index (χ3v) is 4.15. The highest BCUT2D eigenvalue weighted by molar-refractivity contribution is 14.1. The molecule has 0 amide bonds. The standard InChI is InChI=1S/C7H4INOS/c8-7-4-5-6(11(7)10)2-1-3-9-5/h1-4H. The van der Waals surface area contributed by atoms with Crippen LogP contribution in [-0.4, -0.2) is 9.19 Å². The molecule has 56 valence electrons. The van der Waals surface area contributed by atoms with Gasteiger partial charge in [-0.1, -0.05) is 0 Å². The monoisotopic (exact) mass is 277 g/mol. The van der Waals surface area contributed by atoms with Crippen LogP contribution < -0.4 is 0 Å². The topological polar surface area (TPSA) is 30.0 Å². The SMILES string of the molecule is O=S1C(I)=Cc2ncccc21. The van der Waals surface area contributed by atoms with Gasteiger partial charge < -0.3 is 0 Å². The number of hydrogen-bond donors (Lipinski definition) is 0. The fourth-order valence-electron chi connectivity index (χ4n) is 0.934. The van der Waals surface area contributed by atoms with Crippen LogP contribution >= 0.6 is 22.6 Å². The number of halogens is 1. The van der Waals surface area contributed by atoms with Crippen LogP contribution in [0.1, 0.15) is 5.69 Å². The molecule has 1 aliphatic rings. The van der Waals surface area contributed by atoms with E-state index < -0.39 is 10.8 Å². The van der Waals surface area contributed by atoms with Gasteiger partial charge in [0, 0.05) is 6.20 Å². The molecule has 2 rings (SSSR count). The molecule has 11 heavy (non-hydrogen) atoms. The number of fused-ring (bicyclic) bond motifs is 1. The molecule has 0 aromatic carbocycles. The second-order valence-corrected chi connectivity index (χ2v) is 5.42. The Morgan fingerprint density at radius 2 is 2.36 bits per heavy atom. The molecule has 0 radical (unpaired) electrons. The fraction of sp³-hybridized carbons (Fsp3) is 0. The molecule has 0 spiro atoms. The van der Waals surface area contributed by atoms with Gasteiger partial charge >= 0.3 is 0 Å². The van der Waals surface area contributed by atoms with Crippen LogP contribution in [0, 0.1) is 0 Å². The van der Waals surface area contributed by atoms with Gasteiger partial charge in [0.25, 0.3) is 0 Å². The van der Waals surface area contributed by atoms with E-state index in [0.717, 1.165) is 13.5 Å². The van der Waals surface area contributed by atoms with Crippen LogP contribution in [0.5, 0.6) is 0 Å². The van der Waals surface area contributed by atoms with E-state index in [1.807, 2.05) is 12.1 Å². The second kappa shape index (κ2) is 2.67. The van der Waals surface area contributed by atoms with Gasteiger partial charge in [0.15, 0.2) is 0 Å². The lowest BCUT2D eigenvalue weighted by Gasteiger charge is -1.92. The van der Waals surface area contributed by atoms with Crippen molar-refractivity contribution in [2.24, 2.45) is 0 Å². The Bertz CT molecular complexity index is 361. The van der Waals surface area contributed by atoms with Gasteiger partial charge in [0.1, 0.15) is 0 Å². The van der Waals surface area contributed by atoms with Crippen molar-refractivity contribution in [3.05, 3.63) is 26.9 Å². The average molecular weight is 277 g/mol. The largest absolute Gasteiger partial charge is 0.256 e. The zero-order valence-corrected chi connectivity index (χ0v) is 8.43. The maximum Gasteiger partial charge on any atom is 0.0934 e. The Balaban J connectivity index is 2.67. The number of nitrogens with zero attached hydrogens (tertiary/aromatic N) is 1. The minimum atomic E-state index is -0.957. The van der Waals surface area contributed by atoms with Gasteiger partial charge in [-0.25, -0.2) is 4.21 Å². The minimum Gasteiger partial charge on any atom is -0.256 e. The van der Waals surface area contributed by atoms with Gasteiger partial charge in [0.05, 0.1) is 24.3 Å². The quantitative estimate of drug-likeness (QED) is 0.678. The molecular formula is C7H4INOS. The zero-order valence-electron chi connectivity index (χ0n) is 5.45. The molecule has 2 heterocycles. The lowest BCUT2D eigenvalue weighted by Crippen LogP contribution is -1.86. The number of rotatable bonds is 0. The van der Waals surface area contributed by atoms with Gasteiger partial charge in [0.2, 0.25) is 0 Å². The molecule has 1 aromatic rings. The lowest BCUT2D eigenvalue weighted by atomic mass is 10.3. The minimum absolute atomic E-state index is 0.830. The molecule has 1 atom stereocenters. The summed E-state index contributed by atoms with van der Waals surface area (Å²) in [4.78, 5) is 4.92. The first-order chi connectivity index (χ1) is 5.29. The first-order valence-electron chi connectivity index (χ1n) is 3.03. The van der Waals surface area contributed by atoms with Crippen molar-refractivity contribution < 1.29 is 4.21 Å². The molecule has 0 saturated heterocycles. The summed E-state index contributed by atoms with van der Waals surface area (Å²) < 4.78 is 12.2. The van der Waals surface area contributed by atoms with Crippen molar-refractivity contribution in [1.82, 2.24) is 4.98 Å². The molecule has 1 aromatic heterocycles. The molecule has 0 bridgehead atoms. The van der Waals surface area contributed by atoms with Gasteiger partial charge in [-0.05, 0) is 40.8 Å². The van der Waals surface area contributed by atoms with Crippen molar-refractivity contribution in [3.63, 3.8) is 0 Å². The van der Waals surface area contributed by atoms with E-state index >= 15 is 0 Å². The molecule has 2 nitrogen and oxygen atoms in total. The van der Waals surface area contributed by atoms with Crippen LogP contribution in [0.3, 0.4) is 0 Å². The van der Waals surface area contributed by atoms with Crippen LogP contribution in [-0.2, 0) is 10.8 Å². The normalized spacial score (nSPS) is 21.2. The molecule has 0 saturated carbocycles. The van der Waals surface area contributed by atoms with Gasteiger partial charge in [-0.15, -0.1) is 0 Å². The molecule has 0 aliphatic carbocycles. The highest BCUT2D eigenvalue weighted by atomic mass is 127. The van der Waals surface area contributed by atoms with E-state index in [1.54, 1.807) is 12.3 Å². The number of pyridine rings is 1. The lowest BCUT2D eigenvalue weighted by molar-refractivity contribution is 0.688. The van der Waals surface area contributed by atoms with Crippen molar-refractivity contribution in [2.45, 2.75) is 4.90 Å². The van der Waals surface area contributed by atoms with E-state index in [0.29, 0.717) is 0 Å². The van der Waals surface area contributed by atoms with Crippen LogP contribution in [0.2, 0.25) is 0 Å². The Morgan fingerprint density at radius 3 is 3.09 bits per heavy atom. The summed E-state index contributed by atoms with van der Waals surface area (Å²) in [5.74, 6) is 0. The van der Waals surface area contributed by atoms with E-state index in [2.05, 4.69) is 27.6 Å². The highest BCUT2D eigenvalue weighted by Crippen LogP contribution is 2.30. The molecule has 4 heteroatoms. The maximum absolute atomic E-state index is 11.4. The van der Waals surface area contributed by atoms with Crippen LogP contribution in [0.15, 0.2) is 26.1 Å². The van der Waals surface area contributed by atoms with E-state index in [1.165, 1.54) is 0 Å². The third kappa shape index (κ3) is 1.14. The predicted molar refractivity (Wildman–Crippen MR) is 52.6 cm³/mol. The second-order valence-electron chi connectivity index (χ2n) is 2.10. The van der Waals surface area contributed by atoms with E-state index in [-0.39, 0.29) is 0 Å². The van der Waals surface area contributed by atoms with Crippen molar-refractivity contribution in [1.29, 1.82) is 0 Å². The molecular weight excluding hydrogens is 273 g/mol. The number of aromatic nitrogens is 1. The summed E-state index contributed by atoms with van der Waals surface area (Å²) in [5, 5.41) is 0. The summed E-state index contributed by atoms with van der Waals surface area (Å²) in [7, 11) is -0.957. The maximum atomic E-state index is 11.4. The smallest absolute Gasteiger partial charge is 0.0934 e. The Morgan fingerprint density at radius 1 is 1.55 bits per heavy atom. The summed E-state index contributed by atoms with van der Waals surface area (Å²) in [6.45, 7) is 0. The molecule has 1 unspecified atom stereocenters. The summed E-state index contributed by atoms with van der Waals surface area (Å²) in [6, 6.07) is 3.65. The average Bonchev–Trinajstić information content (AvgIpc) is 2.30.